The second-order valence-corrected chi connectivity index (χ2v) is 8.30. The lowest BCUT2D eigenvalue weighted by Crippen LogP contribution is -2.49. The van der Waals surface area contributed by atoms with Crippen molar-refractivity contribution in [3.63, 3.8) is 0 Å². The molecule has 0 bridgehead atoms. The fourth-order valence-corrected chi connectivity index (χ4v) is 4.63. The molecule has 0 nitrogen and oxygen atoms in total. The van der Waals surface area contributed by atoms with Crippen LogP contribution < -0.4 is 0 Å². The quantitative estimate of drug-likeness (QED) is 0.216. The van der Waals surface area contributed by atoms with Crippen molar-refractivity contribution in [1.29, 1.82) is 0 Å². The van der Waals surface area contributed by atoms with Gasteiger partial charge in [-0.05, 0) is 0 Å². The molecule has 0 aromatic rings. The Balaban J connectivity index is 2.47. The Labute approximate surface area is 155 Å². The molecule has 1 aliphatic rings. The Bertz CT molecular complexity index is 303. The maximum Gasteiger partial charge on any atom is 0.127 e. The van der Waals surface area contributed by atoms with E-state index in [9.17, 15) is 0 Å². The van der Waals surface area contributed by atoms with Crippen LogP contribution in [0.15, 0.2) is 12.1 Å². The van der Waals surface area contributed by atoms with Crippen LogP contribution in [0.3, 0.4) is 0 Å². The normalized spacial score (nSPS) is 14.7. The predicted octanol–water partition coefficient (Wildman–Crippen LogP) is 7.48. The fraction of sp³-hybridized carbons (Fsp3) is 0.905. The van der Waals surface area contributed by atoms with E-state index in [2.05, 4.69) is 32.8 Å². The minimum Gasteiger partial charge on any atom is -0.128 e. The summed E-state index contributed by atoms with van der Waals surface area (Å²) in [5, 5.41) is 0. The zero-order valence-corrected chi connectivity index (χ0v) is 17.2. The van der Waals surface area contributed by atoms with E-state index in [1.807, 2.05) is 0 Å². The molecule has 0 amide bonds. The zero-order valence-electron chi connectivity index (χ0n) is 17.2. The molecule has 0 spiro atoms. The number of allylic oxidation sites excluding steroid dienone is 1. The maximum atomic E-state index is 2.61. The van der Waals surface area contributed by atoms with Gasteiger partial charge in [0.05, 0.1) is 6.49 Å². The van der Waals surface area contributed by atoms with E-state index < -0.39 is 0 Å². The molecule has 136 valence electrons. The first-order valence-corrected chi connectivity index (χ1v) is 11.5. The molecular formula is C21H43B3. The van der Waals surface area contributed by atoms with Crippen molar-refractivity contribution < 1.29 is 0 Å². The van der Waals surface area contributed by atoms with Crippen LogP contribution in [0.1, 0.15) is 97.8 Å². The highest BCUT2D eigenvalue weighted by Gasteiger charge is 2.35. The van der Waals surface area contributed by atoms with Crippen LogP contribution in [0.2, 0.25) is 25.3 Å². The molecule has 1 aliphatic heterocycles. The van der Waals surface area contributed by atoms with Gasteiger partial charge in [0.15, 0.2) is 0 Å². The summed E-state index contributed by atoms with van der Waals surface area (Å²) in [7, 11) is 0. The van der Waals surface area contributed by atoms with Crippen molar-refractivity contribution in [3.8, 4) is 0 Å². The third kappa shape index (κ3) is 9.43. The minimum absolute atomic E-state index is 0.897. The Morgan fingerprint density at radius 2 is 1.17 bits per heavy atom. The Kier molecular flexibility index (Phi) is 13.9. The van der Waals surface area contributed by atoms with Crippen LogP contribution in [0.4, 0.5) is 0 Å². The van der Waals surface area contributed by atoms with Gasteiger partial charge in [0.25, 0.3) is 0 Å². The van der Waals surface area contributed by atoms with Crippen molar-refractivity contribution in [1.82, 2.24) is 0 Å². The molecule has 3 heteroatoms. The van der Waals surface area contributed by atoms with Crippen molar-refractivity contribution in [2.24, 2.45) is 0 Å². The molecule has 0 aromatic heterocycles. The monoisotopic (exact) mass is 328 g/mol. The van der Waals surface area contributed by atoms with Gasteiger partial charge in [0.2, 0.25) is 0 Å². The second kappa shape index (κ2) is 15.2. The Morgan fingerprint density at radius 3 is 1.75 bits per heavy atom. The lowest BCUT2D eigenvalue weighted by Gasteiger charge is -2.30. The van der Waals surface area contributed by atoms with E-state index in [0.29, 0.717) is 0 Å². The highest BCUT2D eigenvalue weighted by atomic mass is 13.9. The summed E-state index contributed by atoms with van der Waals surface area (Å²) in [6, 6.07) is 0. The number of hydrogen-bond acceptors (Lipinski definition) is 0. The van der Waals surface area contributed by atoms with E-state index in [1.165, 1.54) is 102 Å². The molecule has 1 heterocycles. The number of hydrogen-bond donors (Lipinski definition) is 0. The molecule has 0 N–H and O–H groups in total. The summed E-state index contributed by atoms with van der Waals surface area (Å²) in [6.07, 6.45) is 25.5. The van der Waals surface area contributed by atoms with E-state index in [1.54, 1.807) is 0 Å². The van der Waals surface area contributed by atoms with Gasteiger partial charge in [-0.1, -0.05) is 123 Å². The molecule has 0 atom stereocenters. The highest BCUT2D eigenvalue weighted by molar-refractivity contribution is 7.52. The van der Waals surface area contributed by atoms with Gasteiger partial charge in [-0.3, -0.25) is 0 Å². The van der Waals surface area contributed by atoms with Crippen LogP contribution in [-0.4, -0.2) is 19.7 Å². The second-order valence-electron chi connectivity index (χ2n) is 8.30. The first-order valence-electron chi connectivity index (χ1n) is 11.5. The Morgan fingerprint density at radius 1 is 0.625 bits per heavy atom. The molecular weight excluding hydrogens is 285 g/mol. The third-order valence-electron chi connectivity index (χ3n) is 6.19. The van der Waals surface area contributed by atoms with Crippen LogP contribution >= 0.6 is 0 Å². The summed E-state index contributed by atoms with van der Waals surface area (Å²) < 4.78 is 0. The van der Waals surface area contributed by atoms with Gasteiger partial charge in [-0.2, -0.15) is 0 Å². The minimum atomic E-state index is 0.897. The fourth-order valence-electron chi connectivity index (χ4n) is 4.63. The molecule has 0 saturated heterocycles. The summed E-state index contributed by atoms with van der Waals surface area (Å²) in [5.41, 5.74) is 0. The molecule has 0 unspecified atom stereocenters. The van der Waals surface area contributed by atoms with Crippen LogP contribution in [0.25, 0.3) is 0 Å². The summed E-state index contributed by atoms with van der Waals surface area (Å²) in [5.74, 6) is 2.61. The average Bonchev–Trinajstić information content (AvgIpc) is 2.60. The van der Waals surface area contributed by atoms with E-state index in [-0.39, 0.29) is 0 Å². The van der Waals surface area contributed by atoms with Crippen molar-refractivity contribution in [3.05, 3.63) is 12.1 Å². The van der Waals surface area contributed by atoms with Gasteiger partial charge < -0.3 is 0 Å². The summed E-state index contributed by atoms with van der Waals surface area (Å²) >= 11 is 0. The van der Waals surface area contributed by atoms with Crippen molar-refractivity contribution in [2.45, 2.75) is 123 Å². The molecule has 24 heavy (non-hydrogen) atoms. The van der Waals surface area contributed by atoms with Crippen molar-refractivity contribution in [2.75, 3.05) is 0 Å². The molecule has 0 saturated carbocycles. The molecule has 0 aromatic carbocycles. The van der Waals surface area contributed by atoms with Gasteiger partial charge in [-0.15, -0.1) is 12.1 Å². The lowest BCUT2D eigenvalue weighted by molar-refractivity contribution is 0.695. The van der Waals surface area contributed by atoms with Gasteiger partial charge in [-0.25, -0.2) is 0 Å². The molecule has 0 aliphatic carbocycles. The van der Waals surface area contributed by atoms with E-state index in [4.69, 9.17) is 0 Å². The standard InChI is InChI=1S/C21H43B3/c1-4-7-10-13-17-22-19-16-20-23(18-14-11-8-5-2)24(22)21-15-12-9-6-3/h16,19H,4-15,17-18,20-21H2,1-3H3. The average molecular weight is 328 g/mol. The van der Waals surface area contributed by atoms with Gasteiger partial charge >= 0.3 is 0 Å². The first-order chi connectivity index (χ1) is 11.8. The smallest absolute Gasteiger partial charge is 0.127 e. The van der Waals surface area contributed by atoms with Crippen molar-refractivity contribution >= 4 is 19.7 Å². The van der Waals surface area contributed by atoms with E-state index >= 15 is 0 Å². The number of rotatable bonds is 15. The SMILES string of the molecule is CCCCCCB1C=CCB(CCCCCC)B1CCCCCC. The van der Waals surface area contributed by atoms with Gasteiger partial charge in [0.1, 0.15) is 13.2 Å². The summed E-state index contributed by atoms with van der Waals surface area (Å²) in [6.45, 7) is 9.86. The first kappa shape index (κ1) is 22.0. The largest absolute Gasteiger partial charge is 0.128 e. The Hall–Kier alpha value is -0.0652. The lowest BCUT2D eigenvalue weighted by atomic mass is 8.85. The van der Waals surface area contributed by atoms with Crippen LogP contribution in [-0.2, 0) is 0 Å². The third-order valence-corrected chi connectivity index (χ3v) is 6.19. The molecule has 1 rings (SSSR count). The topological polar surface area (TPSA) is 0 Å². The van der Waals surface area contributed by atoms with Crippen LogP contribution in [0, 0.1) is 0 Å². The highest BCUT2D eigenvalue weighted by Crippen LogP contribution is 2.25. The predicted molar refractivity (Wildman–Crippen MR) is 118 cm³/mol. The maximum absolute atomic E-state index is 2.61. The number of unbranched alkanes of at least 4 members (excludes halogenated alkanes) is 9. The van der Waals surface area contributed by atoms with Crippen LogP contribution in [0.5, 0.6) is 0 Å². The summed E-state index contributed by atoms with van der Waals surface area (Å²) in [4.78, 5) is 0. The van der Waals surface area contributed by atoms with E-state index in [0.717, 1.165) is 19.7 Å². The molecule has 0 fully saturated rings. The van der Waals surface area contributed by atoms with Gasteiger partial charge in [0, 0.05) is 0 Å². The molecule has 0 radical (unpaired) electrons. The zero-order chi connectivity index (χ0) is 17.5.